The summed E-state index contributed by atoms with van der Waals surface area (Å²) in [4.78, 5) is 23.1. The minimum Gasteiger partial charge on any atom is -0.465 e. The molecule has 1 aliphatic heterocycles. The molecule has 4 nitrogen and oxygen atoms in total. The molecule has 1 amide bonds. The van der Waals surface area contributed by atoms with Crippen LogP contribution in [0.1, 0.15) is 19.3 Å². The molecule has 0 aromatic heterocycles. The molecule has 0 atom stereocenters. The third-order valence-electron chi connectivity index (χ3n) is 2.55. The Hall–Kier alpha value is -0.580. The Morgan fingerprint density at radius 3 is 2.36 bits per heavy atom. The van der Waals surface area contributed by atoms with Crippen molar-refractivity contribution in [3.63, 3.8) is 0 Å². The molecule has 0 bridgehead atoms. The van der Waals surface area contributed by atoms with Crippen molar-refractivity contribution in [2.45, 2.75) is 19.3 Å². The highest BCUT2D eigenvalue weighted by atomic mass is 79.9. The van der Waals surface area contributed by atoms with Gasteiger partial charge in [0.2, 0.25) is 0 Å². The summed E-state index contributed by atoms with van der Waals surface area (Å²) in [5.41, 5.74) is 0. The second-order valence-corrected chi connectivity index (χ2v) is 4.15. The number of carbonyl (C=O) groups is 2. The number of halogens is 1. The van der Waals surface area contributed by atoms with Crippen LogP contribution in [0.2, 0.25) is 0 Å². The second-order valence-electron chi connectivity index (χ2n) is 3.59. The molecule has 0 saturated carbocycles. The summed E-state index contributed by atoms with van der Waals surface area (Å²) in [6.45, 7) is 1.13. The van der Waals surface area contributed by atoms with Crippen molar-refractivity contribution in [3.05, 3.63) is 0 Å². The van der Waals surface area contributed by atoms with Crippen LogP contribution in [0.5, 0.6) is 0 Å². The first-order valence-electron chi connectivity index (χ1n) is 4.69. The number of ketones is 1. The van der Waals surface area contributed by atoms with Crippen molar-refractivity contribution in [2.75, 3.05) is 18.4 Å². The molecule has 1 N–H and O–H groups in total. The Labute approximate surface area is 91.4 Å². The maximum absolute atomic E-state index is 11.1. The Morgan fingerprint density at radius 1 is 1.36 bits per heavy atom. The lowest BCUT2D eigenvalue weighted by molar-refractivity contribution is -0.117. The maximum Gasteiger partial charge on any atom is 0.407 e. The summed E-state index contributed by atoms with van der Waals surface area (Å²) in [6, 6.07) is 0. The normalized spacial score (nSPS) is 18.2. The fourth-order valence-corrected chi connectivity index (χ4v) is 1.93. The molecule has 0 radical (unpaired) electrons. The van der Waals surface area contributed by atoms with E-state index in [1.807, 2.05) is 0 Å². The standard InChI is InChI=1S/C9H14BrNO3/c10-6-8(12)5-7-1-3-11(4-2-7)9(13)14/h7H,1-6H2,(H,13,14). The quantitative estimate of drug-likeness (QED) is 0.790. The molecule has 1 rings (SSSR count). The van der Waals surface area contributed by atoms with Gasteiger partial charge in [0.25, 0.3) is 0 Å². The van der Waals surface area contributed by atoms with Crippen LogP contribution in [0.15, 0.2) is 0 Å². The van der Waals surface area contributed by atoms with E-state index in [9.17, 15) is 9.59 Å². The first-order chi connectivity index (χ1) is 6.63. The average molecular weight is 264 g/mol. The predicted octanol–water partition coefficient (Wildman–Crippen LogP) is 1.73. The van der Waals surface area contributed by atoms with Gasteiger partial charge in [-0.25, -0.2) is 4.79 Å². The van der Waals surface area contributed by atoms with Crippen LogP contribution < -0.4 is 0 Å². The molecular formula is C9H14BrNO3. The molecular weight excluding hydrogens is 250 g/mol. The van der Waals surface area contributed by atoms with E-state index in [-0.39, 0.29) is 5.78 Å². The number of alkyl halides is 1. The van der Waals surface area contributed by atoms with Crippen LogP contribution in [0, 0.1) is 5.92 Å². The molecule has 14 heavy (non-hydrogen) atoms. The largest absolute Gasteiger partial charge is 0.465 e. The highest BCUT2D eigenvalue weighted by molar-refractivity contribution is 9.09. The number of carbonyl (C=O) groups excluding carboxylic acids is 1. The van der Waals surface area contributed by atoms with E-state index in [1.165, 1.54) is 4.90 Å². The van der Waals surface area contributed by atoms with Gasteiger partial charge in [0, 0.05) is 19.5 Å². The Balaban J connectivity index is 2.29. The number of likely N-dealkylation sites (tertiary alicyclic amines) is 1. The van der Waals surface area contributed by atoms with E-state index >= 15 is 0 Å². The zero-order valence-electron chi connectivity index (χ0n) is 7.91. The Kier molecular flexibility index (Phi) is 4.38. The zero-order chi connectivity index (χ0) is 10.6. The average Bonchev–Trinajstić information content (AvgIpc) is 2.18. The van der Waals surface area contributed by atoms with Gasteiger partial charge in [0.05, 0.1) is 5.33 Å². The summed E-state index contributed by atoms with van der Waals surface area (Å²) in [5, 5.41) is 9.11. The van der Waals surface area contributed by atoms with Gasteiger partial charge in [-0.2, -0.15) is 0 Å². The van der Waals surface area contributed by atoms with E-state index in [0.29, 0.717) is 30.8 Å². The number of rotatable bonds is 3. The van der Waals surface area contributed by atoms with Crippen LogP contribution in [0.4, 0.5) is 4.79 Å². The van der Waals surface area contributed by atoms with Gasteiger partial charge < -0.3 is 10.0 Å². The molecule has 0 aliphatic carbocycles. The smallest absolute Gasteiger partial charge is 0.407 e. The first kappa shape index (κ1) is 11.5. The highest BCUT2D eigenvalue weighted by Crippen LogP contribution is 2.20. The molecule has 0 aromatic rings. The number of piperidine rings is 1. The van der Waals surface area contributed by atoms with Crippen LogP contribution >= 0.6 is 15.9 Å². The number of hydrogen-bond acceptors (Lipinski definition) is 2. The van der Waals surface area contributed by atoms with Crippen molar-refractivity contribution >= 4 is 27.8 Å². The molecule has 0 aromatic carbocycles. The topological polar surface area (TPSA) is 57.6 Å². The summed E-state index contributed by atoms with van der Waals surface area (Å²) >= 11 is 3.12. The van der Waals surface area contributed by atoms with Gasteiger partial charge in [-0.3, -0.25) is 4.79 Å². The van der Waals surface area contributed by atoms with Gasteiger partial charge in [-0.05, 0) is 18.8 Å². The van der Waals surface area contributed by atoms with Crippen molar-refractivity contribution in [1.82, 2.24) is 4.90 Å². The zero-order valence-corrected chi connectivity index (χ0v) is 9.49. The van der Waals surface area contributed by atoms with Crippen molar-refractivity contribution in [3.8, 4) is 0 Å². The maximum atomic E-state index is 11.1. The summed E-state index contributed by atoms with van der Waals surface area (Å²) in [6.07, 6.45) is 1.35. The van der Waals surface area contributed by atoms with E-state index in [0.717, 1.165) is 12.8 Å². The van der Waals surface area contributed by atoms with Crippen LogP contribution in [-0.2, 0) is 4.79 Å². The number of carboxylic acid groups (broad SMARTS) is 1. The lowest BCUT2D eigenvalue weighted by atomic mass is 9.92. The van der Waals surface area contributed by atoms with Gasteiger partial charge in [-0.15, -0.1) is 0 Å². The molecule has 0 unspecified atom stereocenters. The van der Waals surface area contributed by atoms with Crippen molar-refractivity contribution < 1.29 is 14.7 Å². The van der Waals surface area contributed by atoms with E-state index in [1.54, 1.807) is 0 Å². The van der Waals surface area contributed by atoms with Crippen LogP contribution in [-0.4, -0.2) is 40.3 Å². The molecule has 80 valence electrons. The molecule has 5 heteroatoms. The van der Waals surface area contributed by atoms with Crippen LogP contribution in [0.3, 0.4) is 0 Å². The van der Waals surface area contributed by atoms with E-state index < -0.39 is 6.09 Å². The SMILES string of the molecule is O=C(CBr)CC1CCN(C(=O)O)CC1. The van der Waals surface area contributed by atoms with Gasteiger partial charge in [0.15, 0.2) is 0 Å². The van der Waals surface area contributed by atoms with Gasteiger partial charge in [-0.1, -0.05) is 15.9 Å². The summed E-state index contributed by atoms with van der Waals surface area (Å²) < 4.78 is 0. The van der Waals surface area contributed by atoms with Crippen molar-refractivity contribution in [1.29, 1.82) is 0 Å². The third kappa shape index (κ3) is 3.29. The fraction of sp³-hybridized carbons (Fsp3) is 0.778. The molecule has 1 fully saturated rings. The number of nitrogens with zero attached hydrogens (tertiary/aromatic N) is 1. The lowest BCUT2D eigenvalue weighted by Crippen LogP contribution is -2.37. The van der Waals surface area contributed by atoms with E-state index in [2.05, 4.69) is 15.9 Å². The van der Waals surface area contributed by atoms with Crippen molar-refractivity contribution in [2.24, 2.45) is 5.92 Å². The minimum absolute atomic E-state index is 0.207. The number of hydrogen-bond donors (Lipinski definition) is 1. The third-order valence-corrected chi connectivity index (χ3v) is 3.18. The van der Waals surface area contributed by atoms with Gasteiger partial charge >= 0.3 is 6.09 Å². The highest BCUT2D eigenvalue weighted by Gasteiger charge is 2.23. The summed E-state index contributed by atoms with van der Waals surface area (Å²) in [5.74, 6) is 0.578. The fourth-order valence-electron chi connectivity index (χ4n) is 1.70. The first-order valence-corrected chi connectivity index (χ1v) is 5.81. The Bertz CT molecular complexity index is 224. The molecule has 0 spiro atoms. The Morgan fingerprint density at radius 2 is 1.93 bits per heavy atom. The molecule has 1 aliphatic rings. The minimum atomic E-state index is -0.852. The molecule has 1 heterocycles. The van der Waals surface area contributed by atoms with Gasteiger partial charge in [0.1, 0.15) is 5.78 Å². The molecule has 1 saturated heterocycles. The second kappa shape index (κ2) is 5.34. The number of Topliss-reactive ketones (excluding diaryl/α,β-unsaturated/α-hetero) is 1. The lowest BCUT2D eigenvalue weighted by Gasteiger charge is -2.29. The van der Waals surface area contributed by atoms with E-state index in [4.69, 9.17) is 5.11 Å². The van der Waals surface area contributed by atoms with Crippen LogP contribution in [0.25, 0.3) is 0 Å². The predicted molar refractivity (Wildman–Crippen MR) is 55.7 cm³/mol. The number of amides is 1. The summed E-state index contributed by atoms with van der Waals surface area (Å²) in [7, 11) is 0. The monoisotopic (exact) mass is 263 g/mol.